The molecule has 152 valence electrons. The molecule has 6 nitrogen and oxygen atoms in total. The Balaban J connectivity index is 1.58. The lowest BCUT2D eigenvalue weighted by molar-refractivity contribution is -0.141. The van der Waals surface area contributed by atoms with Crippen LogP contribution in [0.2, 0.25) is 0 Å². The number of amides is 1. The minimum atomic E-state index is -4.69. The largest absolute Gasteiger partial charge is 0.433 e. The first-order chi connectivity index (χ1) is 13.7. The summed E-state index contributed by atoms with van der Waals surface area (Å²) >= 11 is 2.21. The molecule has 1 aromatic carbocycles. The van der Waals surface area contributed by atoms with Crippen molar-refractivity contribution in [3.8, 4) is 0 Å². The van der Waals surface area contributed by atoms with Gasteiger partial charge in [-0.3, -0.25) is 9.59 Å². The molecule has 0 fully saturated rings. The Hall–Kier alpha value is -2.66. The molecule has 0 spiro atoms. The number of anilines is 1. The summed E-state index contributed by atoms with van der Waals surface area (Å²) in [5, 5.41) is 4.93. The highest BCUT2D eigenvalue weighted by Gasteiger charge is 2.33. The van der Waals surface area contributed by atoms with Crippen LogP contribution in [0, 0.1) is 6.92 Å². The van der Waals surface area contributed by atoms with Crippen molar-refractivity contribution in [2.24, 2.45) is 0 Å². The van der Waals surface area contributed by atoms with Crippen LogP contribution in [0.5, 0.6) is 0 Å². The molecule has 11 heteroatoms. The summed E-state index contributed by atoms with van der Waals surface area (Å²) in [5.74, 6) is -0.00774. The van der Waals surface area contributed by atoms with Crippen molar-refractivity contribution in [2.45, 2.75) is 30.4 Å². The molecule has 3 aromatic rings. The first-order valence-electron chi connectivity index (χ1n) is 8.30. The molecule has 2 aromatic heterocycles. The zero-order valence-corrected chi connectivity index (χ0v) is 16.7. The number of nitrogens with zero attached hydrogens (tertiary/aromatic N) is 2. The second-order valence-corrected chi connectivity index (χ2v) is 7.95. The molecule has 0 saturated heterocycles. The Morgan fingerprint density at radius 2 is 1.97 bits per heavy atom. The Bertz CT molecular complexity index is 1060. The number of halogens is 3. The van der Waals surface area contributed by atoms with Gasteiger partial charge in [-0.25, -0.2) is 9.97 Å². The van der Waals surface area contributed by atoms with Gasteiger partial charge in [0.15, 0.2) is 10.9 Å². The SMILES string of the molecule is Cc1ccc(NC(=O)Cc2nc(CSc3nc(C(F)(F)F)cc(=O)[nH]3)cs2)cc1. The van der Waals surface area contributed by atoms with Gasteiger partial charge in [-0.15, -0.1) is 11.3 Å². The van der Waals surface area contributed by atoms with Gasteiger partial charge in [-0.05, 0) is 19.1 Å². The first-order valence-corrected chi connectivity index (χ1v) is 10.2. The molecule has 0 aliphatic rings. The second kappa shape index (κ2) is 8.78. The fourth-order valence-electron chi connectivity index (χ4n) is 2.27. The van der Waals surface area contributed by atoms with Gasteiger partial charge in [-0.1, -0.05) is 29.5 Å². The van der Waals surface area contributed by atoms with E-state index in [2.05, 4.69) is 20.3 Å². The van der Waals surface area contributed by atoms with Crippen LogP contribution in [0.15, 0.2) is 45.7 Å². The van der Waals surface area contributed by atoms with Crippen LogP contribution < -0.4 is 10.9 Å². The van der Waals surface area contributed by atoms with Gasteiger partial charge in [0.1, 0.15) is 5.01 Å². The van der Waals surface area contributed by atoms with Gasteiger partial charge in [0.25, 0.3) is 5.56 Å². The van der Waals surface area contributed by atoms with Crippen molar-refractivity contribution in [2.75, 3.05) is 5.32 Å². The van der Waals surface area contributed by atoms with Crippen LogP contribution in [-0.4, -0.2) is 20.9 Å². The van der Waals surface area contributed by atoms with E-state index >= 15 is 0 Å². The first kappa shape index (κ1) is 21.1. The number of aromatic amines is 1. The molecule has 0 atom stereocenters. The summed E-state index contributed by atoms with van der Waals surface area (Å²) in [6.45, 7) is 1.95. The van der Waals surface area contributed by atoms with Crippen LogP contribution in [0.25, 0.3) is 0 Å². The Kier molecular flexibility index (Phi) is 6.38. The minimum Gasteiger partial charge on any atom is -0.326 e. The fourth-order valence-corrected chi connectivity index (χ4v) is 3.93. The highest BCUT2D eigenvalue weighted by Crippen LogP contribution is 2.28. The highest BCUT2D eigenvalue weighted by atomic mass is 32.2. The van der Waals surface area contributed by atoms with E-state index in [0.29, 0.717) is 22.5 Å². The molecular weight excluding hydrogens is 425 g/mol. The van der Waals surface area contributed by atoms with Gasteiger partial charge < -0.3 is 10.3 Å². The topological polar surface area (TPSA) is 87.7 Å². The molecule has 29 heavy (non-hydrogen) atoms. The fraction of sp³-hybridized carbons (Fsp3) is 0.222. The lowest BCUT2D eigenvalue weighted by atomic mass is 10.2. The molecule has 1 amide bonds. The number of thioether (sulfide) groups is 1. The molecule has 0 bridgehead atoms. The molecular formula is C18H15F3N4O2S2. The number of benzene rings is 1. The Labute approximate surface area is 171 Å². The molecule has 2 heterocycles. The maximum atomic E-state index is 12.7. The van der Waals surface area contributed by atoms with Crippen molar-refractivity contribution in [1.82, 2.24) is 15.0 Å². The van der Waals surface area contributed by atoms with Gasteiger partial charge in [0, 0.05) is 22.9 Å². The zero-order valence-electron chi connectivity index (χ0n) is 15.0. The maximum absolute atomic E-state index is 12.7. The molecule has 0 aliphatic heterocycles. The number of alkyl halides is 3. The standard InChI is InChI=1S/C18H15F3N4O2S2/c1-10-2-4-11(5-3-10)22-15(27)7-16-23-12(8-28-16)9-29-17-24-13(18(19,20)21)6-14(26)25-17/h2-6,8H,7,9H2,1H3,(H,22,27)(H,24,25,26). The van der Waals surface area contributed by atoms with Crippen LogP contribution >= 0.6 is 23.1 Å². The molecule has 0 radical (unpaired) electrons. The predicted molar refractivity (Wildman–Crippen MR) is 105 cm³/mol. The van der Waals surface area contributed by atoms with Gasteiger partial charge in [-0.2, -0.15) is 13.2 Å². The van der Waals surface area contributed by atoms with Gasteiger partial charge in [0.05, 0.1) is 12.1 Å². The van der Waals surface area contributed by atoms with Crippen LogP contribution in [0.4, 0.5) is 18.9 Å². The van der Waals surface area contributed by atoms with E-state index in [4.69, 9.17) is 0 Å². The number of rotatable bonds is 6. The van der Waals surface area contributed by atoms with E-state index < -0.39 is 17.4 Å². The average Bonchev–Trinajstić information content (AvgIpc) is 3.08. The zero-order chi connectivity index (χ0) is 21.0. The number of hydrogen-bond acceptors (Lipinski definition) is 6. The van der Waals surface area contributed by atoms with E-state index in [0.717, 1.165) is 17.3 Å². The molecule has 3 rings (SSSR count). The quantitative estimate of drug-likeness (QED) is 0.446. The summed E-state index contributed by atoms with van der Waals surface area (Å²) in [6, 6.07) is 7.80. The molecule has 0 unspecified atom stereocenters. The van der Waals surface area contributed by atoms with E-state index in [1.165, 1.54) is 11.3 Å². The summed E-state index contributed by atoms with van der Waals surface area (Å²) in [5.41, 5.74) is 0.240. The number of thiazole rings is 1. The Morgan fingerprint density at radius 3 is 2.66 bits per heavy atom. The molecule has 0 saturated carbocycles. The van der Waals surface area contributed by atoms with E-state index in [-0.39, 0.29) is 23.2 Å². The smallest absolute Gasteiger partial charge is 0.326 e. The third-order valence-corrected chi connectivity index (χ3v) is 5.42. The highest BCUT2D eigenvalue weighted by molar-refractivity contribution is 7.98. The van der Waals surface area contributed by atoms with E-state index in [1.807, 2.05) is 19.1 Å². The normalized spacial score (nSPS) is 11.4. The van der Waals surface area contributed by atoms with Crippen LogP contribution in [0.1, 0.15) is 22.0 Å². The summed E-state index contributed by atoms with van der Waals surface area (Å²) in [6.07, 6.45) is -4.61. The van der Waals surface area contributed by atoms with Crippen molar-refractivity contribution >= 4 is 34.7 Å². The number of carbonyl (C=O) groups excluding carboxylic acids is 1. The lowest BCUT2D eigenvalue weighted by Gasteiger charge is -2.06. The second-order valence-electron chi connectivity index (χ2n) is 6.05. The average molecular weight is 440 g/mol. The monoisotopic (exact) mass is 440 g/mol. The van der Waals surface area contributed by atoms with Crippen LogP contribution in [0.3, 0.4) is 0 Å². The Morgan fingerprint density at radius 1 is 1.24 bits per heavy atom. The van der Waals surface area contributed by atoms with E-state index in [9.17, 15) is 22.8 Å². The van der Waals surface area contributed by atoms with E-state index in [1.54, 1.807) is 17.5 Å². The summed E-state index contributed by atoms with van der Waals surface area (Å²) in [7, 11) is 0. The molecule has 0 aliphatic carbocycles. The lowest BCUT2D eigenvalue weighted by Crippen LogP contribution is -2.16. The number of H-pyrrole nitrogens is 1. The van der Waals surface area contributed by atoms with Crippen LogP contribution in [-0.2, 0) is 23.1 Å². The number of carbonyl (C=O) groups is 1. The minimum absolute atomic E-state index is 0.0852. The van der Waals surface area contributed by atoms with Crippen molar-refractivity contribution in [3.63, 3.8) is 0 Å². The van der Waals surface area contributed by atoms with Gasteiger partial charge in [0.2, 0.25) is 5.91 Å². The number of hydrogen-bond donors (Lipinski definition) is 2. The summed E-state index contributed by atoms with van der Waals surface area (Å²) < 4.78 is 38.2. The number of aromatic nitrogens is 3. The summed E-state index contributed by atoms with van der Waals surface area (Å²) in [4.78, 5) is 33.5. The number of aryl methyl sites for hydroxylation is 1. The predicted octanol–water partition coefficient (Wildman–Crippen LogP) is 4.03. The third-order valence-electron chi connectivity index (χ3n) is 3.61. The van der Waals surface area contributed by atoms with Crippen molar-refractivity contribution in [3.05, 3.63) is 68.0 Å². The third kappa shape index (κ3) is 6.16. The number of nitrogens with one attached hydrogen (secondary N) is 2. The van der Waals surface area contributed by atoms with Crippen molar-refractivity contribution < 1.29 is 18.0 Å². The van der Waals surface area contributed by atoms with Crippen molar-refractivity contribution in [1.29, 1.82) is 0 Å². The van der Waals surface area contributed by atoms with Gasteiger partial charge >= 0.3 is 6.18 Å². The maximum Gasteiger partial charge on any atom is 0.433 e. The molecule has 2 N–H and O–H groups in total.